The lowest BCUT2D eigenvalue weighted by Gasteiger charge is -2.34. The molecule has 2 aliphatic rings. The summed E-state index contributed by atoms with van der Waals surface area (Å²) in [5, 5.41) is 0.0191. The molecule has 1 aliphatic carbocycles. The average Bonchev–Trinajstić information content (AvgIpc) is 3.94. The number of benzene rings is 1. The zero-order valence-corrected chi connectivity index (χ0v) is 29.8. The highest BCUT2D eigenvalue weighted by molar-refractivity contribution is 7.99. The van der Waals surface area contributed by atoms with E-state index in [1.807, 2.05) is 11.8 Å². The van der Waals surface area contributed by atoms with Gasteiger partial charge < -0.3 is 14.2 Å². The van der Waals surface area contributed by atoms with Crippen molar-refractivity contribution in [3.05, 3.63) is 108 Å². The summed E-state index contributed by atoms with van der Waals surface area (Å²) < 4.78 is 30.5. The maximum Gasteiger partial charge on any atom is 0.333 e. The van der Waals surface area contributed by atoms with Gasteiger partial charge in [-0.15, -0.1) is 11.8 Å². The Morgan fingerprint density at radius 2 is 1.59 bits per heavy atom. The number of esters is 2. The van der Waals surface area contributed by atoms with Gasteiger partial charge in [-0.3, -0.25) is 14.5 Å². The van der Waals surface area contributed by atoms with Crippen molar-refractivity contribution in [3.8, 4) is 0 Å². The fraction of sp³-hybridized carbons (Fsp3) is 0.475. The molecule has 9 heteroatoms. The van der Waals surface area contributed by atoms with Crippen LogP contribution >= 0.6 is 11.8 Å². The van der Waals surface area contributed by atoms with Crippen molar-refractivity contribution in [2.45, 2.75) is 82.9 Å². The molecule has 7 nitrogen and oxygen atoms in total. The number of ketones is 1. The largest absolute Gasteiger partial charge is 0.428 e. The molecule has 3 rings (SSSR count). The second-order valence-corrected chi connectivity index (χ2v) is 13.2. The van der Waals surface area contributed by atoms with Crippen molar-refractivity contribution in [1.29, 1.82) is 0 Å². The van der Waals surface area contributed by atoms with Gasteiger partial charge in [0, 0.05) is 61.5 Å². The van der Waals surface area contributed by atoms with Gasteiger partial charge in [-0.1, -0.05) is 72.9 Å². The molecule has 0 radical (unpaired) electrons. The van der Waals surface area contributed by atoms with Crippen LogP contribution in [0.3, 0.4) is 0 Å². The monoisotopic (exact) mass is 693 g/mol. The first-order valence-corrected chi connectivity index (χ1v) is 18.4. The number of likely N-dealkylation sites (tertiary alicyclic amines) is 1. The Balaban J connectivity index is 1.36. The molecule has 0 amide bonds. The Morgan fingerprint density at radius 1 is 0.918 bits per heavy atom. The molecule has 1 atom stereocenters. The van der Waals surface area contributed by atoms with E-state index in [1.54, 1.807) is 31.0 Å². The molecule has 266 valence electrons. The van der Waals surface area contributed by atoms with E-state index in [2.05, 4.69) is 60.8 Å². The van der Waals surface area contributed by atoms with E-state index in [4.69, 9.17) is 14.2 Å². The van der Waals surface area contributed by atoms with Crippen molar-refractivity contribution >= 4 is 29.5 Å². The van der Waals surface area contributed by atoms with Crippen molar-refractivity contribution in [2.24, 2.45) is 5.92 Å². The van der Waals surface area contributed by atoms with Crippen LogP contribution in [0.15, 0.2) is 90.6 Å². The highest BCUT2D eigenvalue weighted by Gasteiger charge is 2.33. The topological polar surface area (TPSA) is 82.1 Å². The molecule has 1 aliphatic heterocycles. The van der Waals surface area contributed by atoms with Crippen LogP contribution in [0.25, 0.3) is 0 Å². The van der Waals surface area contributed by atoms with E-state index in [1.165, 1.54) is 12.1 Å². The number of Topliss-reactive ketones (excluding diaryl/α,β-unsaturated/α-hetero) is 1. The van der Waals surface area contributed by atoms with Gasteiger partial charge in [0.1, 0.15) is 5.82 Å². The van der Waals surface area contributed by atoms with E-state index >= 15 is 0 Å². The Morgan fingerprint density at radius 3 is 2.24 bits per heavy atom. The van der Waals surface area contributed by atoms with Crippen LogP contribution in [-0.4, -0.2) is 60.8 Å². The zero-order valence-electron chi connectivity index (χ0n) is 29.0. The minimum absolute atomic E-state index is 0.00455. The number of carbonyl (C=O) groups excluding carboxylic acids is 3. The number of hydrogen-bond acceptors (Lipinski definition) is 8. The lowest BCUT2D eigenvalue weighted by Crippen LogP contribution is -2.37. The van der Waals surface area contributed by atoms with Crippen LogP contribution in [0, 0.1) is 11.7 Å². The van der Waals surface area contributed by atoms with Gasteiger partial charge >= 0.3 is 11.9 Å². The Labute approximate surface area is 296 Å². The predicted molar refractivity (Wildman–Crippen MR) is 195 cm³/mol. The summed E-state index contributed by atoms with van der Waals surface area (Å²) >= 11 is 1.58. The lowest BCUT2D eigenvalue weighted by atomic mass is 9.98. The number of halogens is 1. The minimum atomic E-state index is -0.605. The molecular weight excluding hydrogens is 642 g/mol. The first-order chi connectivity index (χ1) is 23.9. The molecule has 1 aromatic rings. The third kappa shape index (κ3) is 16.2. The van der Waals surface area contributed by atoms with Crippen LogP contribution in [-0.2, 0) is 30.3 Å². The number of rotatable bonds is 22. The molecule has 0 N–H and O–H groups in total. The highest BCUT2D eigenvalue weighted by atomic mass is 32.2. The van der Waals surface area contributed by atoms with E-state index in [9.17, 15) is 18.8 Å². The molecule has 49 heavy (non-hydrogen) atoms. The number of unbranched alkanes of at least 4 members (excludes halogenated alkanes) is 1. The molecule has 0 spiro atoms. The molecule has 0 aromatic heterocycles. The number of carbonyl (C=O) groups is 3. The third-order valence-corrected chi connectivity index (χ3v) is 9.41. The maximum absolute atomic E-state index is 14.9. The highest BCUT2D eigenvalue weighted by Crippen LogP contribution is 2.35. The van der Waals surface area contributed by atoms with Crippen molar-refractivity contribution in [2.75, 3.05) is 32.9 Å². The summed E-state index contributed by atoms with van der Waals surface area (Å²) in [6, 6.07) is 4.68. The fourth-order valence-electron chi connectivity index (χ4n) is 5.30. The van der Waals surface area contributed by atoms with Crippen LogP contribution < -0.4 is 0 Å². The number of allylic oxidation sites excluding steroid dienone is 10. The summed E-state index contributed by atoms with van der Waals surface area (Å²) in [4.78, 5) is 39.7. The van der Waals surface area contributed by atoms with E-state index in [-0.39, 0.29) is 29.9 Å². The number of piperidine rings is 1. The summed E-state index contributed by atoms with van der Waals surface area (Å²) in [5.74, 6) is -0.955. The second kappa shape index (κ2) is 23.8. The van der Waals surface area contributed by atoms with Crippen LogP contribution in [0.2, 0.25) is 0 Å². The summed E-state index contributed by atoms with van der Waals surface area (Å²) in [6.07, 6.45) is 30.4. The number of methoxy groups -OCH3 is 1. The van der Waals surface area contributed by atoms with Crippen LogP contribution in [0.1, 0.15) is 87.1 Å². The SMILES string of the molecule is C/C=C\C/C=C\C/C=C\C/C=C\C/C=C\CCCC(=O)OCOC(=O)/C=C1/CN(Cc2c(F)cccc2C(=O)C2CC2)CCC1SCOC. The van der Waals surface area contributed by atoms with Gasteiger partial charge in [0.05, 0.1) is 5.94 Å². The number of nitrogens with zero attached hydrogens (tertiary/aromatic N) is 1. The zero-order chi connectivity index (χ0) is 35.1. The van der Waals surface area contributed by atoms with Gasteiger partial charge in [0.2, 0.25) is 6.79 Å². The van der Waals surface area contributed by atoms with Crippen LogP contribution in [0.5, 0.6) is 0 Å². The summed E-state index contributed by atoms with van der Waals surface area (Å²) in [6.45, 7) is 2.93. The van der Waals surface area contributed by atoms with Gasteiger partial charge in [0.15, 0.2) is 5.78 Å². The minimum Gasteiger partial charge on any atom is -0.428 e. The Kier molecular flexibility index (Phi) is 19.3. The van der Waals surface area contributed by atoms with Crippen LogP contribution in [0.4, 0.5) is 4.39 Å². The summed E-state index contributed by atoms with van der Waals surface area (Å²) in [7, 11) is 1.62. The fourth-order valence-corrected chi connectivity index (χ4v) is 6.23. The molecule has 1 unspecified atom stereocenters. The maximum atomic E-state index is 14.9. The lowest BCUT2D eigenvalue weighted by molar-refractivity contribution is -0.164. The smallest absolute Gasteiger partial charge is 0.333 e. The third-order valence-electron chi connectivity index (χ3n) is 8.10. The van der Waals surface area contributed by atoms with Gasteiger partial charge in [-0.25, -0.2) is 9.18 Å². The van der Waals surface area contributed by atoms with Crippen molar-refractivity contribution < 1.29 is 33.0 Å². The molecule has 0 bridgehead atoms. The average molecular weight is 694 g/mol. The second-order valence-electron chi connectivity index (χ2n) is 12.1. The number of ether oxygens (including phenoxy) is 3. The first-order valence-electron chi connectivity index (χ1n) is 17.3. The standard InChI is InChI=1S/C40H52FNO6S/c1-3-4-5-6-7-8-9-10-11-12-13-14-15-16-17-18-22-38(43)47-30-48-39(44)27-33-28-42(26-25-37(33)49-31-46-2)29-35-34(20-19-21-36(35)41)40(45)32-23-24-32/h3-4,6-7,9-10,12-13,15-16,19-21,27,32,37H,5,8,11,14,17-18,22-26,28-31H2,1-2H3/b4-3-,7-6-,10-9-,13-12-,16-15-,33-27-. The van der Waals surface area contributed by atoms with Crippen molar-refractivity contribution in [1.82, 2.24) is 4.90 Å². The van der Waals surface area contributed by atoms with Gasteiger partial charge in [-0.2, -0.15) is 0 Å². The molecule has 1 saturated heterocycles. The van der Waals surface area contributed by atoms with E-state index in [0.717, 1.165) is 56.9 Å². The van der Waals surface area contributed by atoms with E-state index in [0.29, 0.717) is 36.6 Å². The normalized spacial score (nSPS) is 18.2. The number of hydrogen-bond donors (Lipinski definition) is 0. The number of thioether (sulfide) groups is 1. The molecule has 1 heterocycles. The molecule has 1 aromatic carbocycles. The Bertz CT molecular complexity index is 1380. The molecule has 2 fully saturated rings. The van der Waals surface area contributed by atoms with Crippen molar-refractivity contribution in [3.63, 3.8) is 0 Å². The predicted octanol–water partition coefficient (Wildman–Crippen LogP) is 8.83. The first kappa shape index (κ1) is 39.9. The van der Waals surface area contributed by atoms with Gasteiger partial charge in [0.25, 0.3) is 0 Å². The van der Waals surface area contributed by atoms with E-state index < -0.39 is 24.5 Å². The molecular formula is C40H52FNO6S. The van der Waals surface area contributed by atoms with Gasteiger partial charge in [-0.05, 0) is 76.4 Å². The quantitative estimate of drug-likeness (QED) is 0.0298. The Hall–Kier alpha value is -3.53. The summed E-state index contributed by atoms with van der Waals surface area (Å²) in [5.41, 5.74) is 1.67. The molecule has 1 saturated carbocycles.